The molecule has 1 aromatic carbocycles. The number of aromatic amines is 1. The molecule has 2 atom stereocenters. The molecule has 1 amide bonds. The number of aliphatic imine (C=N–C) groups is 1. The smallest absolute Gasteiger partial charge is 0.287 e. The highest BCUT2D eigenvalue weighted by molar-refractivity contribution is 7.14. The summed E-state index contributed by atoms with van der Waals surface area (Å²) >= 11 is 1.31. The van der Waals surface area contributed by atoms with E-state index in [1.165, 1.54) is 29.5 Å². The lowest BCUT2D eigenvalue weighted by molar-refractivity contribution is 0.103. The van der Waals surface area contributed by atoms with E-state index in [2.05, 4.69) is 39.7 Å². The minimum absolute atomic E-state index is 0.00584. The standard InChI is InChI=1S/C30H35FN6O3S/c1-17-8-10-32-28(12-18(2)16-37(3)11-9-17)33-24-15-22(35-36-29(24)39)19-4-5-21(31)23(13-19)34-30(40)27-14-20-25(38)6-7-26(20)41-27/h4-5,12-15,17,25,38H,6-11,16H2,1-3H3,(H,34,40)(H,36,39)(H,32,33,35). The Hall–Kier alpha value is -3.67. The van der Waals surface area contributed by atoms with Crippen LogP contribution in [0.2, 0.25) is 0 Å². The van der Waals surface area contributed by atoms with Gasteiger partial charge in [-0.05, 0) is 94.1 Å². The molecule has 216 valence electrons. The lowest BCUT2D eigenvalue weighted by atomic mass is 10.0. The summed E-state index contributed by atoms with van der Waals surface area (Å²) in [6.07, 6.45) is 4.83. The number of thiophene rings is 1. The predicted molar refractivity (Wildman–Crippen MR) is 161 cm³/mol. The summed E-state index contributed by atoms with van der Waals surface area (Å²) in [6, 6.07) is 7.54. The Balaban J connectivity index is 1.37. The number of likely N-dealkylation sites (N-methyl/N-ethyl adjacent to an activating group) is 1. The average Bonchev–Trinajstić information content (AvgIpc) is 3.51. The molecule has 3 heterocycles. The largest absolute Gasteiger partial charge is 0.388 e. The van der Waals surface area contributed by atoms with Crippen molar-refractivity contribution in [2.75, 3.05) is 37.3 Å². The van der Waals surface area contributed by atoms with Crippen molar-refractivity contribution in [2.45, 2.75) is 45.6 Å². The lowest BCUT2D eigenvalue weighted by Crippen LogP contribution is -2.24. The molecule has 2 aromatic heterocycles. The number of carbonyl (C=O) groups is 1. The molecule has 2 unspecified atom stereocenters. The van der Waals surface area contributed by atoms with Gasteiger partial charge in [-0.1, -0.05) is 12.5 Å². The minimum Gasteiger partial charge on any atom is -0.388 e. The third-order valence-electron chi connectivity index (χ3n) is 7.46. The van der Waals surface area contributed by atoms with Crippen molar-refractivity contribution in [1.29, 1.82) is 0 Å². The van der Waals surface area contributed by atoms with Gasteiger partial charge in [0.15, 0.2) is 0 Å². The monoisotopic (exact) mass is 578 g/mol. The first-order valence-electron chi connectivity index (χ1n) is 13.8. The molecule has 41 heavy (non-hydrogen) atoms. The Labute approximate surface area is 242 Å². The second-order valence-electron chi connectivity index (χ2n) is 11.0. The normalized spacial score (nSPS) is 20.0. The van der Waals surface area contributed by atoms with Crippen molar-refractivity contribution in [2.24, 2.45) is 10.9 Å². The third kappa shape index (κ3) is 6.98. The van der Waals surface area contributed by atoms with E-state index in [1.54, 1.807) is 12.1 Å². The van der Waals surface area contributed by atoms with Gasteiger partial charge in [0.05, 0.1) is 22.4 Å². The Morgan fingerprint density at radius 1 is 1.20 bits per heavy atom. The van der Waals surface area contributed by atoms with Gasteiger partial charge in [-0.3, -0.25) is 14.6 Å². The van der Waals surface area contributed by atoms with Crippen LogP contribution in [0, 0.1) is 11.7 Å². The zero-order valence-corrected chi connectivity index (χ0v) is 24.3. The number of anilines is 2. The van der Waals surface area contributed by atoms with Crippen molar-refractivity contribution < 1.29 is 14.3 Å². The molecule has 5 rings (SSSR count). The Kier molecular flexibility index (Phi) is 8.77. The summed E-state index contributed by atoms with van der Waals surface area (Å²) in [5.41, 5.74) is 2.64. The number of amides is 1. The number of halogens is 1. The Morgan fingerprint density at radius 3 is 2.83 bits per heavy atom. The van der Waals surface area contributed by atoms with E-state index in [1.807, 2.05) is 13.0 Å². The molecule has 0 fully saturated rings. The van der Waals surface area contributed by atoms with Gasteiger partial charge in [0.25, 0.3) is 11.5 Å². The molecular weight excluding hydrogens is 543 g/mol. The second kappa shape index (κ2) is 12.5. The second-order valence-corrected chi connectivity index (χ2v) is 12.1. The number of rotatable bonds is 4. The first-order chi connectivity index (χ1) is 19.7. The van der Waals surface area contributed by atoms with Gasteiger partial charge in [0.2, 0.25) is 0 Å². The Bertz CT molecular complexity index is 1560. The molecule has 0 saturated carbocycles. The van der Waals surface area contributed by atoms with Crippen molar-refractivity contribution in [1.82, 2.24) is 15.1 Å². The summed E-state index contributed by atoms with van der Waals surface area (Å²) in [6.45, 7) is 6.72. The third-order valence-corrected chi connectivity index (χ3v) is 8.67. The molecule has 11 heteroatoms. The van der Waals surface area contributed by atoms with Crippen LogP contribution in [0.4, 0.5) is 15.8 Å². The maximum Gasteiger partial charge on any atom is 0.287 e. The summed E-state index contributed by atoms with van der Waals surface area (Å²) in [4.78, 5) is 34.0. The molecule has 4 N–H and O–H groups in total. The fourth-order valence-corrected chi connectivity index (χ4v) is 6.23. The van der Waals surface area contributed by atoms with Gasteiger partial charge < -0.3 is 20.6 Å². The van der Waals surface area contributed by atoms with E-state index in [4.69, 9.17) is 4.99 Å². The fourth-order valence-electron chi connectivity index (χ4n) is 5.10. The van der Waals surface area contributed by atoms with Crippen molar-refractivity contribution in [3.63, 3.8) is 0 Å². The average molecular weight is 579 g/mol. The fraction of sp³-hybridized carbons (Fsp3) is 0.400. The highest BCUT2D eigenvalue weighted by atomic mass is 32.1. The number of aryl methyl sites for hydroxylation is 1. The predicted octanol–water partition coefficient (Wildman–Crippen LogP) is 4.99. The van der Waals surface area contributed by atoms with E-state index < -0.39 is 23.4 Å². The first kappa shape index (κ1) is 28.8. The Morgan fingerprint density at radius 2 is 2.02 bits per heavy atom. The quantitative estimate of drug-likeness (QED) is 0.346. The molecule has 9 nitrogen and oxygen atoms in total. The molecule has 2 aliphatic rings. The van der Waals surface area contributed by atoms with Crippen LogP contribution in [0.15, 0.2) is 51.8 Å². The number of H-pyrrole nitrogens is 1. The number of benzene rings is 1. The van der Waals surface area contributed by atoms with Crippen LogP contribution >= 0.6 is 11.3 Å². The summed E-state index contributed by atoms with van der Waals surface area (Å²) in [5, 5.41) is 22.6. The van der Waals surface area contributed by atoms with Crippen molar-refractivity contribution >= 4 is 34.5 Å². The summed E-state index contributed by atoms with van der Waals surface area (Å²) in [7, 11) is 2.10. The number of hydrogen-bond acceptors (Lipinski definition) is 8. The van der Waals surface area contributed by atoms with E-state index in [0.29, 0.717) is 40.9 Å². The summed E-state index contributed by atoms with van der Waals surface area (Å²) < 4.78 is 14.7. The van der Waals surface area contributed by atoms with Crippen molar-refractivity contribution in [3.05, 3.63) is 73.5 Å². The van der Waals surface area contributed by atoms with Gasteiger partial charge in [-0.2, -0.15) is 5.10 Å². The number of nitrogens with one attached hydrogen (secondary N) is 3. The lowest BCUT2D eigenvalue weighted by Gasteiger charge is -2.18. The van der Waals surface area contributed by atoms with Crippen LogP contribution in [-0.2, 0) is 6.42 Å². The number of hydrogen-bond donors (Lipinski definition) is 4. The highest BCUT2D eigenvalue weighted by Crippen LogP contribution is 2.37. The molecular formula is C30H35FN6O3S. The van der Waals surface area contributed by atoms with Crippen LogP contribution in [0.5, 0.6) is 0 Å². The van der Waals surface area contributed by atoms with Gasteiger partial charge in [-0.15, -0.1) is 11.3 Å². The number of carbonyl (C=O) groups excluding carboxylic acids is 1. The number of fused-ring (bicyclic) bond motifs is 1. The molecule has 0 radical (unpaired) electrons. The molecule has 1 aliphatic carbocycles. The summed E-state index contributed by atoms with van der Waals surface area (Å²) in [5.74, 6) is 0.0851. The van der Waals surface area contributed by atoms with Crippen LogP contribution in [-0.4, -0.2) is 58.6 Å². The highest BCUT2D eigenvalue weighted by Gasteiger charge is 2.25. The SMILES string of the molecule is CC1=CC(Nc2cc(-c3ccc(F)c(NC(=O)c4cc5c(s4)CCC5O)c3)n[nH]c2=O)=NCCC(C)CCN(C)C1. The molecule has 0 spiro atoms. The molecule has 3 aromatic rings. The van der Waals surface area contributed by atoms with Crippen LogP contribution in [0.3, 0.4) is 0 Å². The van der Waals surface area contributed by atoms with Gasteiger partial charge in [0, 0.05) is 23.5 Å². The number of aliphatic hydroxyl groups is 1. The zero-order valence-electron chi connectivity index (χ0n) is 23.5. The number of aromatic nitrogens is 2. The van der Waals surface area contributed by atoms with Crippen LogP contribution in [0.1, 0.15) is 59.3 Å². The van der Waals surface area contributed by atoms with E-state index in [9.17, 15) is 19.1 Å². The topological polar surface area (TPSA) is 123 Å². The van der Waals surface area contributed by atoms with Crippen LogP contribution < -0.4 is 16.2 Å². The molecule has 1 aliphatic heterocycles. The molecule has 0 bridgehead atoms. The van der Waals surface area contributed by atoms with Gasteiger partial charge in [-0.25, -0.2) is 9.49 Å². The van der Waals surface area contributed by atoms with Gasteiger partial charge >= 0.3 is 0 Å². The zero-order chi connectivity index (χ0) is 29.1. The van der Waals surface area contributed by atoms with E-state index >= 15 is 0 Å². The maximum absolute atomic E-state index is 14.7. The number of amidine groups is 1. The minimum atomic E-state index is -0.597. The van der Waals surface area contributed by atoms with Crippen LogP contribution in [0.25, 0.3) is 11.3 Å². The number of aliphatic hydroxyl groups excluding tert-OH is 1. The first-order valence-corrected chi connectivity index (χ1v) is 14.7. The van der Waals surface area contributed by atoms with Crippen molar-refractivity contribution in [3.8, 4) is 11.3 Å². The number of nitrogens with zero attached hydrogens (tertiary/aromatic N) is 3. The van der Waals surface area contributed by atoms with E-state index in [-0.39, 0.29) is 11.4 Å². The maximum atomic E-state index is 14.7. The van der Waals surface area contributed by atoms with Gasteiger partial charge in [0.1, 0.15) is 17.3 Å². The molecule has 0 saturated heterocycles. The van der Waals surface area contributed by atoms with E-state index in [0.717, 1.165) is 48.4 Å².